The molecule has 0 bridgehead atoms. The van der Waals surface area contributed by atoms with Gasteiger partial charge in [0.15, 0.2) is 11.5 Å². The fraction of sp³-hybridized carbons (Fsp3) is 0.312. The Morgan fingerprint density at radius 1 is 0.860 bits per heavy atom. The van der Waals surface area contributed by atoms with Crippen LogP contribution in [0.25, 0.3) is 11.1 Å². The van der Waals surface area contributed by atoms with Crippen LogP contribution >= 0.6 is 0 Å². The second-order valence-corrected chi connectivity index (χ2v) is 10.2. The number of ether oxygens (including phenoxy) is 3. The Bertz CT molecular complexity index is 1620. The van der Waals surface area contributed by atoms with Crippen molar-refractivity contribution >= 4 is 34.8 Å². The van der Waals surface area contributed by atoms with E-state index in [1.807, 2.05) is 6.07 Å². The highest BCUT2D eigenvalue weighted by molar-refractivity contribution is 5.97. The minimum Gasteiger partial charge on any atom is -0.493 e. The van der Waals surface area contributed by atoms with Crippen molar-refractivity contribution in [2.24, 2.45) is 0 Å². The van der Waals surface area contributed by atoms with Gasteiger partial charge in [0.1, 0.15) is 6.04 Å². The molecule has 11 heteroatoms. The van der Waals surface area contributed by atoms with Crippen LogP contribution in [-0.2, 0) is 20.8 Å². The van der Waals surface area contributed by atoms with E-state index in [-0.39, 0.29) is 28.8 Å². The third-order valence-electron chi connectivity index (χ3n) is 7.13. The van der Waals surface area contributed by atoms with Gasteiger partial charge in [0.2, 0.25) is 28.9 Å². The van der Waals surface area contributed by atoms with Gasteiger partial charge in [-0.15, -0.1) is 0 Å². The molecule has 3 amide bonds. The molecule has 1 aliphatic carbocycles. The predicted molar refractivity (Wildman–Crippen MR) is 165 cm³/mol. The summed E-state index contributed by atoms with van der Waals surface area (Å²) < 4.78 is 17.0. The zero-order valence-electron chi connectivity index (χ0n) is 25.0. The van der Waals surface area contributed by atoms with Crippen LogP contribution in [0.5, 0.6) is 17.2 Å². The van der Waals surface area contributed by atoms with E-state index in [1.54, 1.807) is 50.4 Å². The van der Waals surface area contributed by atoms with Gasteiger partial charge in [-0.25, -0.2) is 0 Å². The number of hydrogen-bond donors (Lipinski definition) is 4. The first-order valence-corrected chi connectivity index (χ1v) is 13.8. The number of methoxy groups -OCH3 is 3. The number of carbonyl (C=O) groups is 3. The monoisotopic (exact) mass is 588 g/mol. The van der Waals surface area contributed by atoms with E-state index in [0.29, 0.717) is 52.6 Å². The molecule has 2 unspecified atom stereocenters. The first-order valence-electron chi connectivity index (χ1n) is 13.8. The van der Waals surface area contributed by atoms with Crippen LogP contribution in [0.2, 0.25) is 0 Å². The number of aryl methyl sites for hydroxylation is 1. The highest BCUT2D eigenvalue weighted by atomic mass is 16.5. The summed E-state index contributed by atoms with van der Waals surface area (Å²) in [6.07, 6.45) is 1.11. The van der Waals surface area contributed by atoms with E-state index in [9.17, 15) is 19.2 Å². The number of amides is 3. The smallest absolute Gasteiger partial charge is 0.246 e. The summed E-state index contributed by atoms with van der Waals surface area (Å²) in [6, 6.07) is 12.3. The second-order valence-electron chi connectivity index (χ2n) is 10.2. The van der Waals surface area contributed by atoms with Crippen LogP contribution in [0.15, 0.2) is 53.3 Å². The van der Waals surface area contributed by atoms with Gasteiger partial charge in [-0.3, -0.25) is 19.2 Å². The number of hydrogen-bond acceptors (Lipinski definition) is 8. The van der Waals surface area contributed by atoms with Gasteiger partial charge < -0.3 is 35.5 Å². The lowest BCUT2D eigenvalue weighted by Crippen LogP contribution is -2.33. The van der Waals surface area contributed by atoms with Crippen molar-refractivity contribution in [2.45, 2.75) is 45.7 Å². The third-order valence-corrected chi connectivity index (χ3v) is 7.13. The SMILES string of the molecule is COc1cc2c(c(OC)c1OC)-c1ccc(NC(C)C(=O)Nc3cccc(NC(C)=O)c3)c(=O)cc1C(NC(C)=O)CC2. The van der Waals surface area contributed by atoms with E-state index in [0.717, 1.165) is 11.1 Å². The van der Waals surface area contributed by atoms with Gasteiger partial charge in [-0.2, -0.15) is 0 Å². The van der Waals surface area contributed by atoms with Crippen molar-refractivity contribution in [1.82, 2.24) is 5.32 Å². The molecule has 0 fully saturated rings. The van der Waals surface area contributed by atoms with E-state index in [1.165, 1.54) is 34.1 Å². The molecular weight excluding hydrogens is 552 g/mol. The van der Waals surface area contributed by atoms with Crippen molar-refractivity contribution in [1.29, 1.82) is 0 Å². The van der Waals surface area contributed by atoms with Crippen LogP contribution in [-0.4, -0.2) is 45.1 Å². The highest BCUT2D eigenvalue weighted by Gasteiger charge is 2.29. The Hall–Kier alpha value is -5.06. The normalized spacial score (nSPS) is 14.1. The maximum absolute atomic E-state index is 13.6. The lowest BCUT2D eigenvalue weighted by Gasteiger charge is -2.19. The molecule has 4 N–H and O–H groups in total. The molecule has 3 aromatic carbocycles. The molecule has 0 saturated carbocycles. The summed E-state index contributed by atoms with van der Waals surface area (Å²) in [7, 11) is 4.61. The Morgan fingerprint density at radius 3 is 2.19 bits per heavy atom. The van der Waals surface area contributed by atoms with Crippen molar-refractivity contribution < 1.29 is 28.6 Å². The molecule has 0 aromatic heterocycles. The molecule has 0 saturated heterocycles. The topological polar surface area (TPSA) is 144 Å². The number of carbonyl (C=O) groups excluding carboxylic acids is 3. The highest BCUT2D eigenvalue weighted by Crippen LogP contribution is 2.50. The number of fused-ring (bicyclic) bond motifs is 3. The number of benzene rings is 2. The van der Waals surface area contributed by atoms with E-state index >= 15 is 0 Å². The van der Waals surface area contributed by atoms with E-state index in [4.69, 9.17) is 14.2 Å². The fourth-order valence-corrected chi connectivity index (χ4v) is 5.25. The van der Waals surface area contributed by atoms with Crippen molar-refractivity contribution in [3.63, 3.8) is 0 Å². The minimum atomic E-state index is -0.795. The molecule has 0 spiro atoms. The van der Waals surface area contributed by atoms with E-state index in [2.05, 4.69) is 21.3 Å². The quantitative estimate of drug-likeness (QED) is 0.290. The Kier molecular flexibility index (Phi) is 9.54. The summed E-state index contributed by atoms with van der Waals surface area (Å²) in [5, 5.41) is 11.5. The second kappa shape index (κ2) is 13.3. The lowest BCUT2D eigenvalue weighted by molar-refractivity contribution is -0.120. The van der Waals surface area contributed by atoms with E-state index < -0.39 is 12.1 Å². The first-order chi connectivity index (χ1) is 20.6. The first kappa shape index (κ1) is 30.9. The van der Waals surface area contributed by atoms with Crippen LogP contribution in [0.3, 0.4) is 0 Å². The third kappa shape index (κ3) is 6.88. The summed E-state index contributed by atoms with van der Waals surface area (Å²) in [5.74, 6) is 0.529. The van der Waals surface area contributed by atoms with Crippen LogP contribution in [0, 0.1) is 0 Å². The largest absolute Gasteiger partial charge is 0.493 e. The van der Waals surface area contributed by atoms with Crippen molar-refractivity contribution in [3.05, 3.63) is 69.9 Å². The molecule has 226 valence electrons. The van der Waals surface area contributed by atoms with Gasteiger partial charge in [0.25, 0.3) is 0 Å². The number of anilines is 3. The fourth-order valence-electron chi connectivity index (χ4n) is 5.25. The van der Waals surface area contributed by atoms with Crippen molar-refractivity contribution in [2.75, 3.05) is 37.3 Å². The molecule has 3 aromatic rings. The number of rotatable bonds is 9. The Labute approximate surface area is 249 Å². The average molecular weight is 589 g/mol. The maximum atomic E-state index is 13.6. The van der Waals surface area contributed by atoms with Crippen molar-refractivity contribution in [3.8, 4) is 28.4 Å². The molecular formula is C32H36N4O7. The molecule has 0 radical (unpaired) electrons. The van der Waals surface area contributed by atoms with Gasteiger partial charge in [-0.1, -0.05) is 12.1 Å². The summed E-state index contributed by atoms with van der Waals surface area (Å²) in [4.78, 5) is 50.2. The molecule has 11 nitrogen and oxygen atoms in total. The minimum absolute atomic E-state index is 0.199. The predicted octanol–water partition coefficient (Wildman–Crippen LogP) is 4.26. The van der Waals surface area contributed by atoms with Gasteiger partial charge in [-0.05, 0) is 72.9 Å². The molecule has 4 rings (SSSR count). The Balaban J connectivity index is 1.74. The van der Waals surface area contributed by atoms with Gasteiger partial charge >= 0.3 is 0 Å². The standard InChI is InChI=1S/C32H36N4O7/c1-17(32(40)36-22-9-7-8-21(15-22)34-18(2)37)33-26-13-11-23-24(16-27(26)39)25(35-19(3)38)12-10-20-14-28(41-4)30(42-5)31(43-6)29(20)23/h7-9,11,13-17,25H,10,12H2,1-6H3,(H,33,39)(H,34,37)(H,35,38)(H,36,40). The summed E-state index contributed by atoms with van der Waals surface area (Å²) in [6.45, 7) is 4.47. The maximum Gasteiger partial charge on any atom is 0.246 e. The van der Waals surface area contributed by atoms with Crippen LogP contribution < -0.4 is 40.9 Å². The summed E-state index contributed by atoms with van der Waals surface area (Å²) >= 11 is 0. The zero-order valence-corrected chi connectivity index (χ0v) is 25.0. The molecule has 0 aliphatic heterocycles. The van der Waals surface area contributed by atoms with Gasteiger partial charge in [0, 0.05) is 30.8 Å². The number of nitrogens with one attached hydrogen (secondary N) is 4. The molecule has 2 atom stereocenters. The van der Waals surface area contributed by atoms with Crippen LogP contribution in [0.1, 0.15) is 44.4 Å². The summed E-state index contributed by atoms with van der Waals surface area (Å²) in [5.41, 5.74) is 3.81. The zero-order chi connectivity index (χ0) is 31.3. The Morgan fingerprint density at radius 2 is 1.56 bits per heavy atom. The average Bonchev–Trinajstić information content (AvgIpc) is 3.20. The molecule has 1 aliphatic rings. The molecule has 0 heterocycles. The van der Waals surface area contributed by atoms with Crippen LogP contribution in [0.4, 0.5) is 17.1 Å². The van der Waals surface area contributed by atoms with Gasteiger partial charge in [0.05, 0.1) is 33.1 Å². The lowest BCUT2D eigenvalue weighted by atomic mass is 9.95. The molecule has 43 heavy (non-hydrogen) atoms.